The number of thiazole rings is 1. The molecule has 0 unspecified atom stereocenters. The summed E-state index contributed by atoms with van der Waals surface area (Å²) in [5.74, 6) is -1.35. The van der Waals surface area contributed by atoms with Crippen molar-refractivity contribution in [3.8, 4) is 22.5 Å². The minimum Gasteiger partial charge on any atom is -0.464 e. The predicted molar refractivity (Wildman–Crippen MR) is 241 cm³/mol. The highest BCUT2D eigenvalue weighted by molar-refractivity contribution is 14.1. The highest BCUT2D eigenvalue weighted by atomic mass is 127. The first-order chi connectivity index (χ1) is 29.3. The number of aromatic nitrogens is 4. The van der Waals surface area contributed by atoms with Gasteiger partial charge in [-0.1, -0.05) is 26.0 Å². The van der Waals surface area contributed by atoms with E-state index in [2.05, 4.69) is 93.5 Å². The average molecular weight is 961 g/mol. The number of halogens is 1. The van der Waals surface area contributed by atoms with E-state index in [1.165, 1.54) is 16.3 Å². The molecule has 14 nitrogen and oxygen atoms in total. The predicted octanol–water partition coefficient (Wildman–Crippen LogP) is 6.99. The van der Waals surface area contributed by atoms with Crippen LogP contribution >= 0.6 is 33.9 Å². The van der Waals surface area contributed by atoms with Gasteiger partial charge in [0.15, 0.2) is 3.61 Å². The van der Waals surface area contributed by atoms with Crippen molar-refractivity contribution >= 4 is 62.6 Å². The fourth-order valence-electron chi connectivity index (χ4n) is 8.58. The zero-order valence-corrected chi connectivity index (χ0v) is 38.3. The van der Waals surface area contributed by atoms with Crippen molar-refractivity contribution in [1.29, 1.82) is 0 Å². The number of hydrogen-bond acceptors (Lipinski definition) is 12. The van der Waals surface area contributed by atoms with Crippen LogP contribution in [0.25, 0.3) is 33.4 Å². The highest BCUT2D eigenvalue weighted by Gasteiger charge is 2.46. The molecule has 0 spiro atoms. The maximum atomic E-state index is 14.6. The van der Waals surface area contributed by atoms with E-state index in [1.54, 1.807) is 19.5 Å². The van der Waals surface area contributed by atoms with Crippen molar-refractivity contribution in [1.82, 2.24) is 40.8 Å². The van der Waals surface area contributed by atoms with Gasteiger partial charge < -0.3 is 18.8 Å². The van der Waals surface area contributed by atoms with Gasteiger partial charge in [0.2, 0.25) is 5.91 Å². The molecule has 61 heavy (non-hydrogen) atoms. The van der Waals surface area contributed by atoms with Crippen LogP contribution in [0.1, 0.15) is 87.9 Å². The second-order valence-electron chi connectivity index (χ2n) is 16.8. The molecule has 1 saturated heterocycles. The molecule has 2 fully saturated rings. The van der Waals surface area contributed by atoms with Gasteiger partial charge >= 0.3 is 5.97 Å². The third kappa shape index (κ3) is 8.84. The van der Waals surface area contributed by atoms with Gasteiger partial charge in [-0.25, -0.2) is 15.8 Å². The normalized spacial score (nSPS) is 23.9. The van der Waals surface area contributed by atoms with Crippen molar-refractivity contribution < 1.29 is 28.6 Å². The molecule has 1 aromatic carbocycles. The number of ether oxygens (including phenoxy) is 3. The van der Waals surface area contributed by atoms with Crippen molar-refractivity contribution in [2.24, 2.45) is 11.3 Å². The molecule has 6 heterocycles. The van der Waals surface area contributed by atoms with E-state index in [0.717, 1.165) is 50.4 Å². The smallest absolute Gasteiger partial charge is 0.324 e. The number of hydrogen-bond donors (Lipinski definition) is 3. The fraction of sp³-hybridized carbons (Fsp3) is 0.467. The summed E-state index contributed by atoms with van der Waals surface area (Å²) in [7, 11) is 1.69. The van der Waals surface area contributed by atoms with Gasteiger partial charge in [-0.2, -0.15) is 0 Å². The van der Waals surface area contributed by atoms with Crippen LogP contribution in [-0.4, -0.2) is 81.3 Å². The van der Waals surface area contributed by atoms with E-state index >= 15 is 0 Å². The van der Waals surface area contributed by atoms with Crippen LogP contribution in [0.4, 0.5) is 0 Å². The van der Waals surface area contributed by atoms with E-state index in [1.807, 2.05) is 43.5 Å². The van der Waals surface area contributed by atoms with Gasteiger partial charge in [0.05, 0.1) is 23.7 Å². The Morgan fingerprint density at radius 3 is 2.70 bits per heavy atom. The Hall–Kier alpha value is -4.33. The zero-order valence-electron chi connectivity index (χ0n) is 35.4. The minimum atomic E-state index is -1.09. The SMILES string of the molecule is CCO[C@@H]1c2nc(cs2)-c2ccc3c(c2)c(c(-c2cccnc2[C@@](C)(I)OC)n3CC)CC(C)(C)COC(=O)[C@@H]2CCCN(N2)C(=O)[C@H]1NNC(=O)[C@H]1C[C@H]1c1ccccn1. The summed E-state index contributed by atoms with van der Waals surface area (Å²) >= 11 is 3.70. The number of nitrogens with zero attached hydrogens (tertiary/aromatic N) is 5. The number of carbonyl (C=O) groups is 3. The Morgan fingerprint density at radius 2 is 1.95 bits per heavy atom. The number of cyclic esters (lactones) is 1. The molecular formula is C45H53IN8O6S. The number of alkyl halides is 1. The number of nitrogens with one attached hydrogen (secondary N) is 3. The minimum absolute atomic E-state index is 0.000122. The largest absolute Gasteiger partial charge is 0.464 e. The van der Waals surface area contributed by atoms with E-state index in [0.29, 0.717) is 43.8 Å². The number of fused-ring (bicyclic) bond motifs is 6. The molecule has 4 aromatic heterocycles. The van der Waals surface area contributed by atoms with Crippen molar-refractivity contribution in [3.05, 3.63) is 88.3 Å². The number of benzene rings is 1. The number of aryl methyl sites for hydroxylation is 1. The molecule has 1 saturated carbocycles. The zero-order chi connectivity index (χ0) is 43.1. The van der Waals surface area contributed by atoms with Gasteiger partial charge in [0.1, 0.15) is 23.2 Å². The molecule has 5 aromatic rings. The molecule has 2 aliphatic heterocycles. The van der Waals surface area contributed by atoms with Crippen LogP contribution in [0.15, 0.2) is 66.3 Å². The van der Waals surface area contributed by atoms with Gasteiger partial charge in [-0.15, -0.1) is 11.3 Å². The monoisotopic (exact) mass is 960 g/mol. The van der Waals surface area contributed by atoms with Crippen LogP contribution in [0, 0.1) is 11.3 Å². The van der Waals surface area contributed by atoms with Gasteiger partial charge in [0, 0.05) is 89.6 Å². The Balaban J connectivity index is 1.22. The van der Waals surface area contributed by atoms with E-state index in [4.69, 9.17) is 24.2 Å². The molecule has 3 N–H and O–H groups in total. The summed E-state index contributed by atoms with van der Waals surface area (Å²) in [6.07, 6.45) is 4.95. The van der Waals surface area contributed by atoms with Crippen molar-refractivity contribution in [2.75, 3.05) is 26.9 Å². The first-order valence-electron chi connectivity index (χ1n) is 21.0. The van der Waals surface area contributed by atoms with Crippen molar-refractivity contribution in [2.45, 2.75) is 94.6 Å². The van der Waals surface area contributed by atoms with Crippen LogP contribution in [-0.2, 0) is 45.2 Å². The molecule has 322 valence electrons. The summed E-state index contributed by atoms with van der Waals surface area (Å²) in [5.41, 5.74) is 16.1. The summed E-state index contributed by atoms with van der Waals surface area (Å²) in [5, 5.41) is 5.06. The number of amides is 2. The summed E-state index contributed by atoms with van der Waals surface area (Å²) in [4.78, 5) is 56.5. The lowest BCUT2D eigenvalue weighted by Crippen LogP contribution is -2.62. The fourth-order valence-corrected chi connectivity index (χ4v) is 9.92. The van der Waals surface area contributed by atoms with Crippen LogP contribution in [0.2, 0.25) is 0 Å². The summed E-state index contributed by atoms with van der Waals surface area (Å²) in [6, 6.07) is 14.3. The molecule has 8 rings (SSSR count). The first-order valence-corrected chi connectivity index (χ1v) is 22.9. The molecule has 2 amide bonds. The number of methoxy groups -OCH3 is 1. The quantitative estimate of drug-likeness (QED) is 0.0573. The van der Waals surface area contributed by atoms with E-state index in [9.17, 15) is 14.4 Å². The maximum Gasteiger partial charge on any atom is 0.324 e. The standard InChI is InChI=1S/C45H53IN8O6S/c1-7-53-35-17-16-26-21-29(35)31(37(53)27-13-11-19-48-39(27)45(5,46)58-6)23-44(3,4)25-60-43(57)33-15-12-20-54(52-33)42(56)36(38(59-8-2)41-49-34(26)24-61-41)50-51-40(55)30-22-28(30)32-14-9-10-18-47-32/h9-11,13-14,16-19,21,24,28,30,33,36,38,50,52H,7-8,12,15,20,22-23,25H2,1-6H3,(H,51,55)/t28-,30+,33+,36+,38+,45+/m1/s1. The summed E-state index contributed by atoms with van der Waals surface area (Å²) in [6.45, 7) is 11.7. The molecule has 1 aliphatic carbocycles. The second-order valence-corrected chi connectivity index (χ2v) is 19.8. The number of esters is 1. The molecule has 16 heteroatoms. The summed E-state index contributed by atoms with van der Waals surface area (Å²) < 4.78 is 20.1. The number of carbonyl (C=O) groups excluding carboxylic acids is 3. The third-order valence-corrected chi connectivity index (χ3v) is 13.7. The maximum absolute atomic E-state index is 14.6. The lowest BCUT2D eigenvalue weighted by molar-refractivity contribution is -0.156. The average Bonchev–Trinajstić information content (AvgIpc) is 3.83. The Labute approximate surface area is 373 Å². The highest BCUT2D eigenvalue weighted by Crippen LogP contribution is 2.47. The number of pyridine rings is 2. The Bertz CT molecular complexity index is 2420. The Morgan fingerprint density at radius 1 is 1.13 bits per heavy atom. The third-order valence-electron chi connectivity index (χ3n) is 11.9. The molecule has 6 atom stereocenters. The van der Waals surface area contributed by atoms with Gasteiger partial charge in [0.25, 0.3) is 5.91 Å². The first kappa shape index (κ1) is 43.3. The van der Waals surface area contributed by atoms with Gasteiger partial charge in [-0.3, -0.25) is 34.8 Å². The lowest BCUT2D eigenvalue weighted by Gasteiger charge is -2.37. The molecule has 3 aliphatic rings. The topological polar surface area (TPSA) is 162 Å². The van der Waals surface area contributed by atoms with Crippen LogP contribution in [0.3, 0.4) is 0 Å². The lowest BCUT2D eigenvalue weighted by atomic mass is 9.84. The second kappa shape index (κ2) is 17.8. The number of hydrazine groups is 2. The number of rotatable bonds is 10. The van der Waals surface area contributed by atoms with E-state index in [-0.39, 0.29) is 31.0 Å². The van der Waals surface area contributed by atoms with Crippen molar-refractivity contribution in [3.63, 3.8) is 0 Å². The molecule has 6 bridgehead atoms. The van der Waals surface area contributed by atoms with Crippen LogP contribution in [0.5, 0.6) is 0 Å². The van der Waals surface area contributed by atoms with E-state index < -0.39 is 39.1 Å². The Kier molecular flexibility index (Phi) is 12.6. The molecule has 0 radical (unpaired) electrons. The molecular weight excluding hydrogens is 908 g/mol. The van der Waals surface area contributed by atoms with Crippen LogP contribution < -0.4 is 16.3 Å². The van der Waals surface area contributed by atoms with Gasteiger partial charge in [-0.05, 0) is 111 Å².